The Hall–Kier alpha value is -1.37. The van der Waals surface area contributed by atoms with E-state index in [1.807, 2.05) is 17.5 Å². The molecule has 1 unspecified atom stereocenters. The first kappa shape index (κ1) is 15.7. The van der Waals surface area contributed by atoms with E-state index in [0.717, 1.165) is 4.88 Å². The van der Waals surface area contributed by atoms with Crippen molar-refractivity contribution >= 4 is 29.7 Å². The molecule has 2 aromatic heterocycles. The third kappa shape index (κ3) is 4.66. The van der Waals surface area contributed by atoms with Gasteiger partial charge in [-0.3, -0.25) is 4.79 Å². The van der Waals surface area contributed by atoms with Gasteiger partial charge in [-0.2, -0.15) is 0 Å². The van der Waals surface area contributed by atoms with E-state index >= 15 is 0 Å². The molecule has 2 rings (SSSR count). The zero-order valence-corrected chi connectivity index (χ0v) is 12.1. The summed E-state index contributed by atoms with van der Waals surface area (Å²) in [6, 6.07) is 3.74. The number of amides is 1. The Bertz CT molecular complexity index is 511. The van der Waals surface area contributed by atoms with E-state index < -0.39 is 0 Å². The van der Waals surface area contributed by atoms with Crippen LogP contribution < -0.4 is 11.1 Å². The van der Waals surface area contributed by atoms with E-state index in [1.165, 1.54) is 0 Å². The Labute approximate surface area is 121 Å². The maximum absolute atomic E-state index is 11.4. The second-order valence-corrected chi connectivity index (χ2v) is 5.03. The summed E-state index contributed by atoms with van der Waals surface area (Å²) in [4.78, 5) is 16.7. The highest BCUT2D eigenvalue weighted by atomic mass is 35.5. The summed E-state index contributed by atoms with van der Waals surface area (Å²) >= 11 is 1.56. The van der Waals surface area contributed by atoms with E-state index in [9.17, 15) is 4.79 Å². The second-order valence-electron chi connectivity index (χ2n) is 4.08. The molecule has 0 aliphatic heterocycles. The molecule has 0 spiro atoms. The van der Waals surface area contributed by atoms with Crippen LogP contribution in [0.25, 0.3) is 10.8 Å². The van der Waals surface area contributed by atoms with Crippen LogP contribution in [0.4, 0.5) is 0 Å². The molecular formula is C12H16ClN3O2S. The first-order valence-corrected chi connectivity index (χ1v) is 6.53. The fourth-order valence-electron chi connectivity index (χ4n) is 1.46. The van der Waals surface area contributed by atoms with Crippen LogP contribution in [0.3, 0.4) is 0 Å². The largest absolute Gasteiger partial charge is 0.443 e. The summed E-state index contributed by atoms with van der Waals surface area (Å²) < 4.78 is 5.35. The predicted octanol–water partition coefficient (Wildman–Crippen LogP) is 2.18. The predicted molar refractivity (Wildman–Crippen MR) is 77.2 cm³/mol. The highest BCUT2D eigenvalue weighted by Crippen LogP contribution is 2.23. The molecule has 5 nitrogen and oxygen atoms in total. The quantitative estimate of drug-likeness (QED) is 0.887. The van der Waals surface area contributed by atoms with Crippen molar-refractivity contribution in [1.82, 2.24) is 10.3 Å². The number of hydrogen-bond acceptors (Lipinski definition) is 5. The second kappa shape index (κ2) is 7.28. The summed E-state index contributed by atoms with van der Waals surface area (Å²) in [7, 11) is 0. The maximum Gasteiger partial charge on any atom is 0.236 e. The molecule has 0 aliphatic carbocycles. The molecule has 7 heteroatoms. The SMILES string of the molecule is CC(N)CC(=O)NCc1coc(-c2cccs2)n1.Cl. The molecule has 0 aromatic carbocycles. The molecule has 0 saturated heterocycles. The summed E-state index contributed by atoms with van der Waals surface area (Å²) in [6.07, 6.45) is 1.87. The first-order valence-electron chi connectivity index (χ1n) is 5.65. The number of nitrogens with one attached hydrogen (secondary N) is 1. The van der Waals surface area contributed by atoms with Gasteiger partial charge in [-0.25, -0.2) is 4.98 Å². The lowest BCUT2D eigenvalue weighted by Gasteiger charge is -2.04. The Kier molecular flexibility index (Phi) is 6.01. The van der Waals surface area contributed by atoms with Gasteiger partial charge < -0.3 is 15.5 Å². The third-order valence-electron chi connectivity index (χ3n) is 2.26. The molecule has 0 aliphatic rings. The van der Waals surface area contributed by atoms with Gasteiger partial charge in [0.15, 0.2) is 0 Å². The minimum absolute atomic E-state index is 0. The summed E-state index contributed by atoms with van der Waals surface area (Å²) in [6.45, 7) is 2.16. The molecule has 0 radical (unpaired) electrons. The molecule has 3 N–H and O–H groups in total. The van der Waals surface area contributed by atoms with E-state index in [4.69, 9.17) is 10.2 Å². The lowest BCUT2D eigenvalue weighted by atomic mass is 10.2. The first-order chi connectivity index (χ1) is 8.65. The molecule has 2 aromatic rings. The van der Waals surface area contributed by atoms with Crippen LogP contribution in [0.2, 0.25) is 0 Å². The number of oxazole rings is 1. The number of thiophene rings is 1. The van der Waals surface area contributed by atoms with Gasteiger partial charge in [0.2, 0.25) is 11.8 Å². The molecule has 19 heavy (non-hydrogen) atoms. The molecule has 2 heterocycles. The van der Waals surface area contributed by atoms with Gasteiger partial charge in [0.1, 0.15) is 6.26 Å². The molecular weight excluding hydrogens is 286 g/mol. The van der Waals surface area contributed by atoms with Crippen molar-refractivity contribution in [3.8, 4) is 10.8 Å². The standard InChI is InChI=1S/C12H15N3O2S.ClH/c1-8(13)5-11(16)14-6-9-7-17-12(15-9)10-3-2-4-18-10;/h2-4,7-8H,5-6,13H2,1H3,(H,14,16);1H. The minimum atomic E-state index is -0.135. The Balaban J connectivity index is 0.00000180. The summed E-state index contributed by atoms with van der Waals surface area (Å²) in [5.74, 6) is 0.507. The van der Waals surface area contributed by atoms with Gasteiger partial charge in [0.25, 0.3) is 0 Å². The zero-order valence-electron chi connectivity index (χ0n) is 10.5. The van der Waals surface area contributed by atoms with Crippen LogP contribution in [0.1, 0.15) is 19.0 Å². The molecule has 1 amide bonds. The number of hydrogen-bond donors (Lipinski definition) is 2. The Morgan fingerprint density at radius 3 is 3.05 bits per heavy atom. The number of halogens is 1. The molecule has 0 saturated carbocycles. The van der Waals surface area contributed by atoms with Crippen molar-refractivity contribution in [2.45, 2.75) is 25.9 Å². The molecule has 0 bridgehead atoms. The fourth-order valence-corrected chi connectivity index (χ4v) is 2.11. The van der Waals surface area contributed by atoms with Crippen LogP contribution in [-0.2, 0) is 11.3 Å². The smallest absolute Gasteiger partial charge is 0.236 e. The number of rotatable bonds is 5. The topological polar surface area (TPSA) is 81.2 Å². The highest BCUT2D eigenvalue weighted by Gasteiger charge is 2.09. The number of carbonyl (C=O) groups is 1. The van der Waals surface area contributed by atoms with E-state index in [0.29, 0.717) is 24.6 Å². The zero-order chi connectivity index (χ0) is 13.0. The lowest BCUT2D eigenvalue weighted by molar-refractivity contribution is -0.121. The molecule has 1 atom stereocenters. The van der Waals surface area contributed by atoms with Gasteiger partial charge in [0.05, 0.1) is 17.1 Å². The molecule has 104 valence electrons. The van der Waals surface area contributed by atoms with Gasteiger partial charge in [-0.1, -0.05) is 6.07 Å². The van der Waals surface area contributed by atoms with Crippen LogP contribution in [0.5, 0.6) is 0 Å². The maximum atomic E-state index is 11.4. The third-order valence-corrected chi connectivity index (χ3v) is 3.12. The summed E-state index contributed by atoms with van der Waals surface area (Å²) in [5.41, 5.74) is 6.24. The monoisotopic (exact) mass is 301 g/mol. The van der Waals surface area contributed by atoms with Crippen LogP contribution in [0, 0.1) is 0 Å². The van der Waals surface area contributed by atoms with Crippen molar-refractivity contribution in [2.24, 2.45) is 5.73 Å². The van der Waals surface area contributed by atoms with E-state index in [-0.39, 0.29) is 24.4 Å². The van der Waals surface area contributed by atoms with Crippen LogP contribution >= 0.6 is 23.7 Å². The normalized spacial score (nSPS) is 11.7. The van der Waals surface area contributed by atoms with Crippen molar-refractivity contribution in [1.29, 1.82) is 0 Å². The average Bonchev–Trinajstić information content (AvgIpc) is 2.96. The number of carbonyl (C=O) groups excluding carboxylic acids is 1. The van der Waals surface area contributed by atoms with Gasteiger partial charge in [0, 0.05) is 12.5 Å². The van der Waals surface area contributed by atoms with Gasteiger partial charge in [-0.05, 0) is 18.4 Å². The van der Waals surface area contributed by atoms with Crippen molar-refractivity contribution < 1.29 is 9.21 Å². The van der Waals surface area contributed by atoms with Gasteiger partial charge >= 0.3 is 0 Å². The number of nitrogens with zero attached hydrogens (tertiary/aromatic N) is 1. The number of nitrogens with two attached hydrogens (primary N) is 1. The Morgan fingerprint density at radius 1 is 1.63 bits per heavy atom. The summed E-state index contributed by atoms with van der Waals surface area (Å²) in [5, 5.41) is 4.71. The van der Waals surface area contributed by atoms with Gasteiger partial charge in [-0.15, -0.1) is 23.7 Å². The average molecular weight is 302 g/mol. The fraction of sp³-hybridized carbons (Fsp3) is 0.333. The highest BCUT2D eigenvalue weighted by molar-refractivity contribution is 7.13. The van der Waals surface area contributed by atoms with Crippen LogP contribution in [0.15, 0.2) is 28.2 Å². The molecule has 0 fully saturated rings. The van der Waals surface area contributed by atoms with E-state index in [1.54, 1.807) is 24.5 Å². The Morgan fingerprint density at radius 2 is 2.42 bits per heavy atom. The van der Waals surface area contributed by atoms with E-state index in [2.05, 4.69) is 10.3 Å². The lowest BCUT2D eigenvalue weighted by Crippen LogP contribution is -2.29. The van der Waals surface area contributed by atoms with Crippen molar-refractivity contribution in [3.05, 3.63) is 29.5 Å². The van der Waals surface area contributed by atoms with Crippen molar-refractivity contribution in [3.63, 3.8) is 0 Å². The van der Waals surface area contributed by atoms with Crippen LogP contribution in [-0.4, -0.2) is 16.9 Å². The number of aromatic nitrogens is 1. The van der Waals surface area contributed by atoms with Crippen molar-refractivity contribution in [2.75, 3.05) is 0 Å². The minimum Gasteiger partial charge on any atom is -0.443 e.